The van der Waals surface area contributed by atoms with Crippen molar-refractivity contribution >= 4 is 23.7 Å². The molecule has 2 aromatic rings. The van der Waals surface area contributed by atoms with E-state index in [-0.39, 0.29) is 25.0 Å². The lowest BCUT2D eigenvalue weighted by molar-refractivity contribution is -0.118. The van der Waals surface area contributed by atoms with E-state index in [1.165, 1.54) is 11.1 Å². The van der Waals surface area contributed by atoms with Crippen LogP contribution in [-0.2, 0) is 4.79 Å². The number of benzene rings is 2. The van der Waals surface area contributed by atoms with E-state index in [2.05, 4.69) is 4.99 Å². The highest BCUT2D eigenvalue weighted by molar-refractivity contribution is 6.29. The fourth-order valence-corrected chi connectivity index (χ4v) is 2.78. The number of hydrogen-bond donors (Lipinski definition) is 1. The highest BCUT2D eigenvalue weighted by Crippen LogP contribution is 2.31. The normalized spacial score (nSPS) is 17.4. The number of fused-ring (bicyclic) bond motifs is 1. The Morgan fingerprint density at radius 1 is 1.12 bits per heavy atom. The van der Waals surface area contributed by atoms with Crippen LogP contribution in [0.2, 0.25) is 0 Å². The number of aliphatic imine (C=N–C) groups is 1. The number of aliphatic hydroxyl groups is 1. The van der Waals surface area contributed by atoms with Gasteiger partial charge >= 0.3 is 0 Å². The Hall–Kier alpha value is -2.79. The van der Waals surface area contributed by atoms with E-state index in [4.69, 9.17) is 5.11 Å². The zero-order valence-electron chi connectivity index (χ0n) is 13.3. The fraction of sp³-hybridized carbons (Fsp3) is 0.211. The number of nitrogens with zero attached hydrogens (tertiary/aromatic N) is 2. The Balaban J connectivity index is 2.07. The Bertz CT molecular complexity index is 797. The van der Waals surface area contributed by atoms with Gasteiger partial charge < -0.3 is 5.11 Å². The topological polar surface area (TPSA) is 70.0 Å². The van der Waals surface area contributed by atoms with E-state index in [1.807, 2.05) is 19.1 Å². The van der Waals surface area contributed by atoms with Crippen molar-refractivity contribution in [2.75, 3.05) is 18.1 Å². The highest BCUT2D eigenvalue weighted by atomic mass is 16.3. The second kappa shape index (κ2) is 6.76. The molecule has 0 unspecified atom stereocenters. The average Bonchev–Trinajstić information content (AvgIpc) is 2.60. The highest BCUT2D eigenvalue weighted by Gasteiger charge is 2.38. The molecular formula is C19H18N2O3. The predicted octanol–water partition coefficient (Wildman–Crippen LogP) is 2.33. The number of rotatable bonds is 4. The van der Waals surface area contributed by atoms with Gasteiger partial charge in [-0.25, -0.2) is 4.90 Å². The lowest BCUT2D eigenvalue weighted by Crippen LogP contribution is -2.45. The number of amides is 2. The first-order chi connectivity index (χ1) is 11.6. The van der Waals surface area contributed by atoms with Gasteiger partial charge in [0.1, 0.15) is 0 Å². The summed E-state index contributed by atoms with van der Waals surface area (Å²) in [4.78, 5) is 31.0. The van der Waals surface area contributed by atoms with Crippen LogP contribution in [0.25, 0.3) is 0 Å². The molecule has 0 aromatic heterocycles. The van der Waals surface area contributed by atoms with E-state index in [0.717, 1.165) is 5.56 Å². The molecule has 0 saturated heterocycles. The molecule has 3 rings (SSSR count). The minimum atomic E-state index is -0.633. The zero-order chi connectivity index (χ0) is 17.1. The number of anilines is 1. The summed E-state index contributed by atoms with van der Waals surface area (Å²) in [5.74, 6) is -1.29. The number of carbonyl (C=O) groups is 2. The number of aliphatic hydroxyl groups excluding tert-OH is 1. The summed E-state index contributed by atoms with van der Waals surface area (Å²) < 4.78 is 0. The molecule has 1 aliphatic rings. The van der Waals surface area contributed by atoms with Gasteiger partial charge in [0, 0.05) is 11.8 Å². The van der Waals surface area contributed by atoms with Crippen LogP contribution >= 0.6 is 0 Å². The molecule has 0 spiro atoms. The van der Waals surface area contributed by atoms with Crippen molar-refractivity contribution < 1.29 is 14.7 Å². The zero-order valence-corrected chi connectivity index (χ0v) is 13.3. The molecule has 0 saturated carbocycles. The molecular weight excluding hydrogens is 304 g/mol. The number of aryl methyl sites for hydroxylation is 1. The SMILES string of the molecule is Cc1ccc(N2C(=O)c3ccccc3[C@H](C=NCCO)C2=O)cc1. The van der Waals surface area contributed by atoms with E-state index in [9.17, 15) is 9.59 Å². The summed E-state index contributed by atoms with van der Waals surface area (Å²) in [7, 11) is 0. The summed E-state index contributed by atoms with van der Waals surface area (Å²) in [6.07, 6.45) is 1.52. The van der Waals surface area contributed by atoms with Crippen LogP contribution in [-0.4, -0.2) is 36.3 Å². The van der Waals surface area contributed by atoms with E-state index in [0.29, 0.717) is 16.8 Å². The maximum Gasteiger partial charge on any atom is 0.265 e. The first-order valence-corrected chi connectivity index (χ1v) is 7.78. The van der Waals surface area contributed by atoms with Crippen LogP contribution in [0.1, 0.15) is 27.4 Å². The summed E-state index contributed by atoms with van der Waals surface area (Å²) >= 11 is 0. The predicted molar refractivity (Wildman–Crippen MR) is 92.6 cm³/mol. The van der Waals surface area contributed by atoms with Crippen LogP contribution < -0.4 is 4.90 Å². The Labute approximate surface area is 140 Å². The largest absolute Gasteiger partial charge is 0.394 e. The molecule has 0 aliphatic carbocycles. The fourth-order valence-electron chi connectivity index (χ4n) is 2.78. The van der Waals surface area contributed by atoms with Gasteiger partial charge in [-0.05, 0) is 30.7 Å². The van der Waals surface area contributed by atoms with Gasteiger partial charge in [0.25, 0.3) is 5.91 Å². The van der Waals surface area contributed by atoms with E-state index < -0.39 is 5.92 Å². The quantitative estimate of drug-likeness (QED) is 0.694. The first-order valence-electron chi connectivity index (χ1n) is 7.78. The number of carbonyl (C=O) groups excluding carboxylic acids is 2. The monoisotopic (exact) mass is 322 g/mol. The van der Waals surface area contributed by atoms with Gasteiger partial charge in [0.2, 0.25) is 5.91 Å². The third-order valence-corrected chi connectivity index (χ3v) is 3.99. The third-order valence-electron chi connectivity index (χ3n) is 3.99. The van der Waals surface area contributed by atoms with Crippen LogP contribution in [0.3, 0.4) is 0 Å². The molecule has 0 radical (unpaired) electrons. The third kappa shape index (κ3) is 2.86. The first kappa shape index (κ1) is 16.1. The molecule has 1 aliphatic heterocycles. The molecule has 2 aromatic carbocycles. The molecule has 0 fully saturated rings. The lowest BCUT2D eigenvalue weighted by Gasteiger charge is -2.31. The van der Waals surface area contributed by atoms with Gasteiger partial charge in [-0.15, -0.1) is 0 Å². The van der Waals surface area contributed by atoms with Crippen molar-refractivity contribution in [1.82, 2.24) is 0 Å². The average molecular weight is 322 g/mol. The van der Waals surface area contributed by atoms with Crippen molar-refractivity contribution in [3.05, 3.63) is 65.2 Å². The molecule has 1 heterocycles. The second-order valence-corrected chi connectivity index (χ2v) is 5.66. The molecule has 5 nitrogen and oxygen atoms in total. The summed E-state index contributed by atoms with van der Waals surface area (Å²) in [6, 6.07) is 14.3. The molecule has 2 amide bonds. The van der Waals surface area contributed by atoms with Gasteiger partial charge in [-0.3, -0.25) is 14.6 Å². The smallest absolute Gasteiger partial charge is 0.265 e. The van der Waals surface area contributed by atoms with E-state index in [1.54, 1.807) is 36.4 Å². The van der Waals surface area contributed by atoms with Gasteiger partial charge in [0.05, 0.1) is 24.8 Å². The minimum Gasteiger partial charge on any atom is -0.394 e. The Morgan fingerprint density at radius 3 is 2.54 bits per heavy atom. The summed E-state index contributed by atoms with van der Waals surface area (Å²) in [6.45, 7) is 2.09. The summed E-state index contributed by atoms with van der Waals surface area (Å²) in [5, 5.41) is 8.89. The van der Waals surface area contributed by atoms with E-state index >= 15 is 0 Å². The minimum absolute atomic E-state index is 0.0837. The number of imide groups is 1. The maximum absolute atomic E-state index is 12.9. The number of hydrogen-bond acceptors (Lipinski definition) is 4. The van der Waals surface area contributed by atoms with Crippen molar-refractivity contribution in [3.8, 4) is 0 Å². The van der Waals surface area contributed by atoms with Crippen molar-refractivity contribution in [3.63, 3.8) is 0 Å². The molecule has 24 heavy (non-hydrogen) atoms. The molecule has 0 bridgehead atoms. The molecule has 5 heteroatoms. The maximum atomic E-state index is 12.9. The van der Waals surface area contributed by atoms with Crippen LogP contribution in [0.4, 0.5) is 5.69 Å². The molecule has 1 N–H and O–H groups in total. The second-order valence-electron chi connectivity index (χ2n) is 5.66. The van der Waals surface area contributed by atoms with Crippen LogP contribution in [0.5, 0.6) is 0 Å². The van der Waals surface area contributed by atoms with Crippen molar-refractivity contribution in [1.29, 1.82) is 0 Å². The van der Waals surface area contributed by atoms with Crippen LogP contribution in [0.15, 0.2) is 53.5 Å². The van der Waals surface area contributed by atoms with Crippen molar-refractivity contribution in [2.45, 2.75) is 12.8 Å². The lowest BCUT2D eigenvalue weighted by atomic mass is 9.89. The molecule has 122 valence electrons. The van der Waals surface area contributed by atoms with Gasteiger partial charge in [-0.2, -0.15) is 0 Å². The standard InChI is InChI=1S/C19H18N2O3/c1-13-6-8-14(9-7-13)21-18(23)16-5-3-2-4-15(16)17(19(21)24)12-20-10-11-22/h2-9,12,17,22H,10-11H2,1H3/t17-/m0/s1. The van der Waals surface area contributed by atoms with Gasteiger partial charge in [0.15, 0.2) is 0 Å². The van der Waals surface area contributed by atoms with Crippen molar-refractivity contribution in [2.24, 2.45) is 4.99 Å². The Morgan fingerprint density at radius 2 is 1.83 bits per heavy atom. The van der Waals surface area contributed by atoms with Crippen LogP contribution in [0, 0.1) is 6.92 Å². The van der Waals surface area contributed by atoms with Gasteiger partial charge in [-0.1, -0.05) is 35.9 Å². The molecule has 1 atom stereocenters. The Kier molecular flexibility index (Phi) is 4.53. The summed E-state index contributed by atoms with van der Waals surface area (Å²) in [5.41, 5.74) is 2.75.